The molecule has 0 radical (unpaired) electrons. The van der Waals surface area contributed by atoms with Crippen LogP contribution in [0.4, 0.5) is 0 Å². The molecule has 0 aliphatic carbocycles. The van der Waals surface area contributed by atoms with Crippen LogP contribution in [-0.4, -0.2) is 105 Å². The van der Waals surface area contributed by atoms with Gasteiger partial charge in [-0.05, 0) is 25.8 Å². The Bertz CT molecular complexity index is 916. The minimum atomic E-state index is -1.06. The molecule has 2 heterocycles. The summed E-state index contributed by atoms with van der Waals surface area (Å²) in [5.41, 5.74) is -0.0456. The van der Waals surface area contributed by atoms with Gasteiger partial charge in [0, 0.05) is 20.2 Å². The van der Waals surface area contributed by atoms with Crippen molar-refractivity contribution in [3.8, 4) is 0 Å². The number of hydrogen-bond donors (Lipinski definition) is 3. The van der Waals surface area contributed by atoms with Crippen molar-refractivity contribution in [1.82, 2.24) is 20.9 Å². The quantitative estimate of drug-likeness (QED) is 0.292. The molecule has 0 saturated carbocycles. The number of hydrogen-bond acceptors (Lipinski definition) is 8. The maximum atomic E-state index is 13.1. The predicted octanol–water partition coefficient (Wildman–Crippen LogP) is -0.960. The van der Waals surface area contributed by atoms with Crippen molar-refractivity contribution in [3.63, 3.8) is 0 Å². The predicted molar refractivity (Wildman–Crippen MR) is 130 cm³/mol. The number of rotatable bonds is 13. The van der Waals surface area contributed by atoms with Crippen LogP contribution in [0.2, 0.25) is 0 Å². The van der Waals surface area contributed by atoms with Crippen molar-refractivity contribution < 1.29 is 33.4 Å². The molecule has 198 valence electrons. The van der Waals surface area contributed by atoms with Crippen LogP contribution in [0.25, 0.3) is 0 Å². The zero-order valence-corrected chi connectivity index (χ0v) is 21.1. The van der Waals surface area contributed by atoms with Gasteiger partial charge in [0.05, 0.1) is 39.0 Å². The number of ether oxygens (including phenoxy) is 3. The number of carbonyl (C=O) groups is 4. The molecule has 36 heavy (non-hydrogen) atoms. The van der Waals surface area contributed by atoms with Crippen LogP contribution in [0.5, 0.6) is 0 Å². The second-order valence-corrected chi connectivity index (χ2v) is 9.33. The summed E-state index contributed by atoms with van der Waals surface area (Å²) < 4.78 is 15.7. The zero-order valence-electron chi connectivity index (χ0n) is 21.1. The SMILES string of the molecule is COC[C@H](NC(=O)[C@H](C)NC(=O)CN1CCOCC1)C(=O)N[C@@H](Cc1ccccc1)C(=O)[C@@]1(C)CO1. The van der Waals surface area contributed by atoms with Gasteiger partial charge in [0.2, 0.25) is 17.7 Å². The number of methoxy groups -OCH3 is 1. The van der Waals surface area contributed by atoms with E-state index in [1.54, 1.807) is 13.8 Å². The molecule has 0 aromatic heterocycles. The minimum absolute atomic E-state index is 0.105. The summed E-state index contributed by atoms with van der Waals surface area (Å²) in [6.45, 7) is 6.02. The lowest BCUT2D eigenvalue weighted by atomic mass is 9.94. The van der Waals surface area contributed by atoms with E-state index < -0.39 is 35.5 Å². The first kappa shape index (κ1) is 27.7. The number of ketones is 1. The Morgan fingerprint density at radius 1 is 1.03 bits per heavy atom. The lowest BCUT2D eigenvalue weighted by Gasteiger charge is -2.27. The van der Waals surface area contributed by atoms with Crippen LogP contribution >= 0.6 is 0 Å². The molecule has 3 N–H and O–H groups in total. The standard InChI is InChI=1S/C25H36N4O7/c1-17(26-21(30)14-29-9-11-35-12-10-29)23(32)28-20(15-34-3)24(33)27-19(22(31)25(2)16-36-25)13-18-7-5-4-6-8-18/h4-8,17,19-20H,9-16H2,1-3H3,(H,26,30)(H,27,33)(H,28,32)/t17-,19-,20-,25+/m0/s1. The number of Topliss-reactive ketones (excluding diaryl/α,β-unsaturated/α-hetero) is 1. The van der Waals surface area contributed by atoms with Crippen LogP contribution in [0, 0.1) is 0 Å². The van der Waals surface area contributed by atoms with Crippen molar-refractivity contribution in [1.29, 1.82) is 0 Å². The van der Waals surface area contributed by atoms with Crippen molar-refractivity contribution in [2.24, 2.45) is 0 Å². The molecule has 11 nitrogen and oxygen atoms in total. The molecular weight excluding hydrogens is 468 g/mol. The van der Waals surface area contributed by atoms with Crippen molar-refractivity contribution >= 4 is 23.5 Å². The number of carbonyl (C=O) groups excluding carboxylic acids is 4. The maximum absolute atomic E-state index is 13.1. The van der Waals surface area contributed by atoms with Gasteiger partial charge in [0.15, 0.2) is 5.78 Å². The fourth-order valence-electron chi connectivity index (χ4n) is 3.91. The molecule has 2 fully saturated rings. The highest BCUT2D eigenvalue weighted by atomic mass is 16.6. The van der Waals surface area contributed by atoms with E-state index in [1.807, 2.05) is 35.2 Å². The molecule has 0 unspecified atom stereocenters. The van der Waals surface area contributed by atoms with Crippen molar-refractivity contribution in [3.05, 3.63) is 35.9 Å². The summed E-state index contributed by atoms with van der Waals surface area (Å²) in [6.07, 6.45) is 0.284. The number of benzene rings is 1. The van der Waals surface area contributed by atoms with Crippen molar-refractivity contribution in [2.75, 3.05) is 53.2 Å². The normalized spacial score (nSPS) is 22.1. The summed E-state index contributed by atoms with van der Waals surface area (Å²) in [4.78, 5) is 53.2. The third kappa shape index (κ3) is 8.09. The van der Waals surface area contributed by atoms with Gasteiger partial charge in [-0.25, -0.2) is 0 Å². The van der Waals surface area contributed by atoms with Gasteiger partial charge < -0.3 is 30.2 Å². The Morgan fingerprint density at radius 2 is 1.67 bits per heavy atom. The number of nitrogens with one attached hydrogen (secondary N) is 3. The Hall–Kier alpha value is -2.86. The third-order valence-corrected chi connectivity index (χ3v) is 6.22. The van der Waals surface area contributed by atoms with Gasteiger partial charge >= 0.3 is 0 Å². The molecule has 0 bridgehead atoms. The summed E-state index contributed by atoms with van der Waals surface area (Å²) >= 11 is 0. The molecule has 3 amide bonds. The first-order valence-corrected chi connectivity index (χ1v) is 12.1. The lowest BCUT2D eigenvalue weighted by Crippen LogP contribution is -2.58. The summed E-state index contributed by atoms with van der Waals surface area (Å²) in [6, 6.07) is 6.57. The molecule has 1 aromatic rings. The van der Waals surface area contributed by atoms with E-state index in [4.69, 9.17) is 14.2 Å². The number of epoxide rings is 1. The third-order valence-electron chi connectivity index (χ3n) is 6.22. The summed E-state index contributed by atoms with van der Waals surface area (Å²) in [5.74, 6) is -1.62. The molecule has 4 atom stereocenters. The smallest absolute Gasteiger partial charge is 0.245 e. The van der Waals surface area contributed by atoms with E-state index in [2.05, 4.69) is 16.0 Å². The lowest BCUT2D eigenvalue weighted by molar-refractivity contribution is -0.135. The maximum Gasteiger partial charge on any atom is 0.245 e. The van der Waals surface area contributed by atoms with Gasteiger partial charge in [-0.2, -0.15) is 0 Å². The topological polar surface area (TPSA) is 139 Å². The van der Waals surface area contributed by atoms with Gasteiger partial charge in [-0.1, -0.05) is 30.3 Å². The number of nitrogens with zero attached hydrogens (tertiary/aromatic N) is 1. The molecule has 3 rings (SSSR count). The second kappa shape index (κ2) is 12.9. The highest BCUT2D eigenvalue weighted by Crippen LogP contribution is 2.29. The van der Waals surface area contributed by atoms with Crippen molar-refractivity contribution in [2.45, 2.75) is 44.0 Å². The van der Waals surface area contributed by atoms with Crippen LogP contribution in [0.1, 0.15) is 19.4 Å². The molecule has 0 spiro atoms. The molecule has 1 aromatic carbocycles. The molecule has 2 aliphatic heterocycles. The minimum Gasteiger partial charge on any atom is -0.382 e. The van der Waals surface area contributed by atoms with E-state index in [0.717, 1.165) is 5.56 Å². The summed E-state index contributed by atoms with van der Waals surface area (Å²) in [5, 5.41) is 8.05. The van der Waals surface area contributed by atoms with Gasteiger partial charge in [0.25, 0.3) is 0 Å². The molecule has 2 aliphatic rings. The van der Waals surface area contributed by atoms with Crippen LogP contribution < -0.4 is 16.0 Å². The fraction of sp³-hybridized carbons (Fsp3) is 0.600. The van der Waals surface area contributed by atoms with E-state index in [1.165, 1.54) is 7.11 Å². The van der Waals surface area contributed by atoms with Gasteiger partial charge in [0.1, 0.15) is 17.7 Å². The van der Waals surface area contributed by atoms with Gasteiger partial charge in [-0.15, -0.1) is 0 Å². The molecule has 2 saturated heterocycles. The Kier molecular flexibility index (Phi) is 9.94. The molecular formula is C25H36N4O7. The average Bonchev–Trinajstić information content (AvgIpc) is 3.62. The zero-order chi connectivity index (χ0) is 26.1. The summed E-state index contributed by atoms with van der Waals surface area (Å²) in [7, 11) is 1.41. The average molecular weight is 505 g/mol. The highest BCUT2D eigenvalue weighted by molar-refractivity contribution is 5.98. The van der Waals surface area contributed by atoms with Crippen LogP contribution in [0.15, 0.2) is 30.3 Å². The van der Waals surface area contributed by atoms with Gasteiger partial charge in [-0.3, -0.25) is 24.1 Å². The Balaban J connectivity index is 1.58. The second-order valence-electron chi connectivity index (χ2n) is 9.33. The monoisotopic (exact) mass is 504 g/mol. The van der Waals surface area contributed by atoms with E-state index >= 15 is 0 Å². The fourth-order valence-corrected chi connectivity index (χ4v) is 3.91. The van der Waals surface area contributed by atoms with E-state index in [9.17, 15) is 19.2 Å². The first-order chi connectivity index (χ1) is 17.2. The first-order valence-electron chi connectivity index (χ1n) is 12.1. The van der Waals surface area contributed by atoms with Crippen LogP contribution in [0.3, 0.4) is 0 Å². The van der Waals surface area contributed by atoms with Crippen LogP contribution in [-0.2, 0) is 39.8 Å². The highest BCUT2D eigenvalue weighted by Gasteiger charge is 2.50. The number of morpholine rings is 1. The number of amides is 3. The Morgan fingerprint density at radius 3 is 2.28 bits per heavy atom. The molecule has 11 heteroatoms. The van der Waals surface area contributed by atoms with E-state index in [0.29, 0.717) is 32.9 Å². The Labute approximate surface area is 211 Å². The van der Waals surface area contributed by atoms with E-state index in [-0.39, 0.29) is 31.3 Å². The largest absolute Gasteiger partial charge is 0.382 e.